The number of halogens is 1. The molecule has 0 N–H and O–H groups in total. The Balaban J connectivity index is 2.23. The van der Waals surface area contributed by atoms with Gasteiger partial charge in [-0.3, -0.25) is 14.9 Å². The van der Waals surface area contributed by atoms with Crippen LogP contribution in [0.4, 0.5) is 5.69 Å². The van der Waals surface area contributed by atoms with Gasteiger partial charge in [-0.05, 0) is 43.7 Å². The van der Waals surface area contributed by atoms with Gasteiger partial charge in [0.25, 0.3) is 11.6 Å². The molecule has 0 aliphatic carbocycles. The smallest absolute Gasteiger partial charge is 0.282 e. The van der Waals surface area contributed by atoms with Crippen LogP contribution in [0.3, 0.4) is 0 Å². The van der Waals surface area contributed by atoms with E-state index in [0.717, 1.165) is 30.2 Å². The Kier molecular flexibility index (Phi) is 5.33. The molecule has 1 amide bonds. The van der Waals surface area contributed by atoms with Gasteiger partial charge in [-0.25, -0.2) is 0 Å². The van der Waals surface area contributed by atoms with Gasteiger partial charge in [0.1, 0.15) is 5.56 Å². The number of carbonyl (C=O) groups excluding carboxylic acids is 1. The average molecular weight is 355 g/mol. The van der Waals surface area contributed by atoms with Crippen LogP contribution in [0.5, 0.6) is 0 Å². The summed E-state index contributed by atoms with van der Waals surface area (Å²) in [5, 5.41) is 12.0. The fourth-order valence-electron chi connectivity index (χ4n) is 2.79. The van der Waals surface area contributed by atoms with Gasteiger partial charge >= 0.3 is 0 Å². The third-order valence-corrected chi connectivity index (χ3v) is 4.36. The van der Waals surface area contributed by atoms with Crippen LogP contribution < -0.4 is 0 Å². The lowest BCUT2D eigenvalue weighted by Gasteiger charge is -2.32. The van der Waals surface area contributed by atoms with E-state index in [2.05, 4.69) is 15.9 Å². The normalized spacial score (nSPS) is 18.6. The number of carbonyl (C=O) groups is 1. The Bertz CT molecular complexity index is 546. The zero-order valence-corrected chi connectivity index (χ0v) is 13.6. The van der Waals surface area contributed by atoms with Crippen molar-refractivity contribution in [1.82, 2.24) is 4.90 Å². The van der Waals surface area contributed by atoms with Gasteiger partial charge in [0.15, 0.2) is 0 Å². The molecule has 1 aromatic rings. The second-order valence-corrected chi connectivity index (χ2v) is 6.31. The average Bonchev–Trinajstić information content (AvgIpc) is 2.46. The van der Waals surface area contributed by atoms with Crippen LogP contribution >= 0.6 is 15.9 Å². The van der Waals surface area contributed by atoms with Gasteiger partial charge in [-0.2, -0.15) is 0 Å². The van der Waals surface area contributed by atoms with Crippen molar-refractivity contribution in [1.29, 1.82) is 0 Å². The quantitative estimate of drug-likeness (QED) is 0.471. The Hall–Kier alpha value is -1.43. The van der Waals surface area contributed by atoms with Crippen molar-refractivity contribution >= 4 is 27.5 Å². The SMILES string of the molecule is Cc1ccc([N+](=O)[O-])c(C(=O)N2CCCC(CCBr)C2)c1. The third-order valence-electron chi connectivity index (χ3n) is 3.90. The van der Waals surface area contributed by atoms with E-state index in [4.69, 9.17) is 0 Å². The number of nitro groups is 1. The minimum absolute atomic E-state index is 0.104. The number of rotatable bonds is 4. The molecule has 114 valence electrons. The molecule has 1 unspecified atom stereocenters. The summed E-state index contributed by atoms with van der Waals surface area (Å²) < 4.78 is 0. The van der Waals surface area contributed by atoms with Crippen molar-refractivity contribution in [3.8, 4) is 0 Å². The molecule has 1 saturated heterocycles. The number of likely N-dealkylation sites (tertiary alicyclic amines) is 1. The van der Waals surface area contributed by atoms with Crippen LogP contribution in [0.25, 0.3) is 0 Å². The van der Waals surface area contributed by atoms with Gasteiger partial charge in [-0.1, -0.05) is 22.0 Å². The summed E-state index contributed by atoms with van der Waals surface area (Å²) in [6.45, 7) is 3.21. The van der Waals surface area contributed by atoms with Crippen molar-refractivity contribution < 1.29 is 9.72 Å². The molecule has 0 radical (unpaired) electrons. The van der Waals surface area contributed by atoms with Crippen molar-refractivity contribution in [2.45, 2.75) is 26.2 Å². The zero-order chi connectivity index (χ0) is 15.4. The molecule has 0 aromatic heterocycles. The van der Waals surface area contributed by atoms with Crippen LogP contribution in [0.2, 0.25) is 0 Å². The molecular weight excluding hydrogens is 336 g/mol. The topological polar surface area (TPSA) is 63.5 Å². The maximum Gasteiger partial charge on any atom is 0.282 e. The lowest BCUT2D eigenvalue weighted by molar-refractivity contribution is -0.385. The predicted octanol–water partition coefficient (Wildman–Crippen LogP) is 3.54. The Labute approximate surface area is 132 Å². The Morgan fingerprint density at radius 1 is 1.52 bits per heavy atom. The fourth-order valence-corrected chi connectivity index (χ4v) is 3.44. The molecule has 1 aliphatic heterocycles. The molecule has 0 spiro atoms. The third kappa shape index (κ3) is 3.81. The maximum atomic E-state index is 12.6. The van der Waals surface area contributed by atoms with E-state index in [-0.39, 0.29) is 17.2 Å². The summed E-state index contributed by atoms with van der Waals surface area (Å²) in [5.41, 5.74) is 0.964. The number of alkyl halides is 1. The summed E-state index contributed by atoms with van der Waals surface area (Å²) in [5.74, 6) is 0.260. The van der Waals surface area contributed by atoms with Crippen LogP contribution in [-0.4, -0.2) is 34.2 Å². The van der Waals surface area contributed by atoms with E-state index in [1.54, 1.807) is 17.0 Å². The molecule has 21 heavy (non-hydrogen) atoms. The van der Waals surface area contributed by atoms with Crippen LogP contribution in [0, 0.1) is 23.0 Å². The largest absolute Gasteiger partial charge is 0.338 e. The van der Waals surface area contributed by atoms with E-state index in [1.165, 1.54) is 6.07 Å². The minimum Gasteiger partial charge on any atom is -0.338 e. The van der Waals surface area contributed by atoms with Gasteiger partial charge in [0.2, 0.25) is 0 Å². The molecule has 1 heterocycles. The highest BCUT2D eigenvalue weighted by Crippen LogP contribution is 2.26. The lowest BCUT2D eigenvalue weighted by atomic mass is 9.95. The Morgan fingerprint density at radius 2 is 2.29 bits per heavy atom. The highest BCUT2D eigenvalue weighted by molar-refractivity contribution is 9.09. The molecule has 0 saturated carbocycles. The van der Waals surface area contributed by atoms with E-state index < -0.39 is 4.92 Å². The van der Waals surface area contributed by atoms with E-state index in [1.807, 2.05) is 6.92 Å². The fraction of sp³-hybridized carbons (Fsp3) is 0.533. The maximum absolute atomic E-state index is 12.6. The Morgan fingerprint density at radius 3 is 2.95 bits per heavy atom. The molecule has 1 aromatic carbocycles. The van der Waals surface area contributed by atoms with Crippen LogP contribution in [0.1, 0.15) is 35.2 Å². The van der Waals surface area contributed by atoms with Crippen LogP contribution in [-0.2, 0) is 0 Å². The van der Waals surface area contributed by atoms with Crippen LogP contribution in [0.15, 0.2) is 18.2 Å². The molecular formula is C15H19BrN2O3. The minimum atomic E-state index is -0.480. The van der Waals surface area contributed by atoms with Crippen molar-refractivity contribution in [3.05, 3.63) is 39.4 Å². The summed E-state index contributed by atoms with van der Waals surface area (Å²) >= 11 is 3.43. The number of amides is 1. The summed E-state index contributed by atoms with van der Waals surface area (Å²) in [6.07, 6.45) is 3.11. The second-order valence-electron chi connectivity index (χ2n) is 5.51. The number of piperidine rings is 1. The number of benzene rings is 1. The summed E-state index contributed by atoms with van der Waals surface area (Å²) in [4.78, 5) is 25.0. The van der Waals surface area contributed by atoms with E-state index >= 15 is 0 Å². The lowest BCUT2D eigenvalue weighted by Crippen LogP contribution is -2.40. The predicted molar refractivity (Wildman–Crippen MR) is 84.9 cm³/mol. The first kappa shape index (κ1) is 15.9. The first-order valence-corrected chi connectivity index (χ1v) is 8.25. The second kappa shape index (κ2) is 7.02. The number of aryl methyl sites for hydroxylation is 1. The molecule has 0 bridgehead atoms. The van der Waals surface area contributed by atoms with Gasteiger partial charge in [-0.15, -0.1) is 0 Å². The summed E-state index contributed by atoms with van der Waals surface area (Å²) in [6, 6.07) is 4.70. The van der Waals surface area contributed by atoms with Crippen molar-refractivity contribution in [2.75, 3.05) is 18.4 Å². The highest BCUT2D eigenvalue weighted by Gasteiger charge is 2.28. The molecule has 5 nitrogen and oxygen atoms in total. The summed E-state index contributed by atoms with van der Waals surface area (Å²) in [7, 11) is 0. The first-order chi connectivity index (χ1) is 10.0. The number of nitro benzene ring substituents is 1. The van der Waals surface area contributed by atoms with Gasteiger partial charge in [0, 0.05) is 24.5 Å². The van der Waals surface area contributed by atoms with Crippen molar-refractivity contribution in [3.63, 3.8) is 0 Å². The molecule has 1 atom stereocenters. The molecule has 6 heteroatoms. The molecule has 1 fully saturated rings. The number of nitrogens with zero attached hydrogens (tertiary/aromatic N) is 2. The zero-order valence-electron chi connectivity index (χ0n) is 12.0. The standard InChI is InChI=1S/C15H19BrN2O3/c1-11-4-5-14(18(20)21)13(9-11)15(19)17-8-2-3-12(10-17)6-7-16/h4-5,9,12H,2-3,6-8,10H2,1H3. The van der Waals surface area contributed by atoms with E-state index in [0.29, 0.717) is 19.0 Å². The first-order valence-electron chi connectivity index (χ1n) is 7.13. The highest BCUT2D eigenvalue weighted by atomic mass is 79.9. The van der Waals surface area contributed by atoms with Gasteiger partial charge in [0.05, 0.1) is 4.92 Å². The number of hydrogen-bond acceptors (Lipinski definition) is 3. The molecule has 2 rings (SSSR count). The van der Waals surface area contributed by atoms with E-state index in [9.17, 15) is 14.9 Å². The van der Waals surface area contributed by atoms with Gasteiger partial charge < -0.3 is 4.90 Å². The monoisotopic (exact) mass is 354 g/mol. The number of hydrogen-bond donors (Lipinski definition) is 0. The molecule has 1 aliphatic rings. The van der Waals surface area contributed by atoms with Crippen molar-refractivity contribution in [2.24, 2.45) is 5.92 Å².